The Hall–Kier alpha value is -2.67. The third-order valence-corrected chi connectivity index (χ3v) is 3.84. The fourth-order valence-electron chi connectivity index (χ4n) is 2.57. The Labute approximate surface area is 146 Å². The summed E-state index contributed by atoms with van der Waals surface area (Å²) in [5.74, 6) is 0.906. The van der Waals surface area contributed by atoms with Crippen LogP contribution in [0.1, 0.15) is 30.1 Å². The first-order chi connectivity index (χ1) is 12.2. The van der Waals surface area contributed by atoms with E-state index in [1.807, 2.05) is 6.07 Å². The molecule has 3 rings (SSSR count). The van der Waals surface area contributed by atoms with Gasteiger partial charge in [-0.1, -0.05) is 0 Å². The Morgan fingerprint density at radius 1 is 1.32 bits per heavy atom. The van der Waals surface area contributed by atoms with E-state index in [0.717, 1.165) is 37.5 Å². The first-order valence-corrected chi connectivity index (χ1v) is 8.47. The Morgan fingerprint density at radius 3 is 2.88 bits per heavy atom. The Kier molecular flexibility index (Phi) is 5.79. The summed E-state index contributed by atoms with van der Waals surface area (Å²) in [7, 11) is 0. The number of aromatic nitrogens is 2. The highest BCUT2D eigenvalue weighted by Gasteiger charge is 2.15. The molecule has 1 aromatic heterocycles. The topological polar surface area (TPSA) is 85.4 Å². The zero-order valence-electron chi connectivity index (χ0n) is 14.2. The minimum Gasteiger partial charge on any atom is -0.462 e. The second kappa shape index (κ2) is 8.43. The van der Waals surface area contributed by atoms with E-state index in [0.29, 0.717) is 18.1 Å². The summed E-state index contributed by atoms with van der Waals surface area (Å²) in [6.45, 7) is 3.72. The van der Waals surface area contributed by atoms with Crippen LogP contribution in [-0.4, -0.2) is 41.8 Å². The van der Waals surface area contributed by atoms with Crippen LogP contribution >= 0.6 is 0 Å². The molecule has 2 heterocycles. The molecule has 132 valence electrons. The van der Waals surface area contributed by atoms with Gasteiger partial charge >= 0.3 is 5.97 Å². The number of hydrogen-bond acceptors (Lipinski definition) is 7. The van der Waals surface area contributed by atoms with Crippen LogP contribution < -0.4 is 10.6 Å². The number of nitrogens with one attached hydrogen (secondary N) is 2. The van der Waals surface area contributed by atoms with Crippen LogP contribution in [0.2, 0.25) is 0 Å². The molecular formula is C18H22N4O3. The van der Waals surface area contributed by atoms with Crippen molar-refractivity contribution in [1.29, 1.82) is 0 Å². The van der Waals surface area contributed by atoms with Crippen LogP contribution in [0.25, 0.3) is 0 Å². The summed E-state index contributed by atoms with van der Waals surface area (Å²) < 4.78 is 10.6. The van der Waals surface area contributed by atoms with Gasteiger partial charge in [0.2, 0.25) is 5.95 Å². The summed E-state index contributed by atoms with van der Waals surface area (Å²) in [5, 5.41) is 6.40. The lowest BCUT2D eigenvalue weighted by atomic mass is 10.2. The third-order valence-electron chi connectivity index (χ3n) is 3.84. The van der Waals surface area contributed by atoms with Crippen LogP contribution in [0.3, 0.4) is 0 Å². The van der Waals surface area contributed by atoms with Crippen molar-refractivity contribution in [3.05, 3.63) is 42.1 Å². The molecule has 1 atom stereocenters. The van der Waals surface area contributed by atoms with E-state index in [1.165, 1.54) is 0 Å². The van der Waals surface area contributed by atoms with Crippen LogP contribution in [0.5, 0.6) is 0 Å². The molecule has 1 saturated heterocycles. The van der Waals surface area contributed by atoms with Crippen molar-refractivity contribution in [3.63, 3.8) is 0 Å². The fourth-order valence-corrected chi connectivity index (χ4v) is 2.57. The van der Waals surface area contributed by atoms with E-state index >= 15 is 0 Å². The van der Waals surface area contributed by atoms with Gasteiger partial charge in [-0.25, -0.2) is 9.78 Å². The van der Waals surface area contributed by atoms with Crippen LogP contribution in [0.15, 0.2) is 36.5 Å². The van der Waals surface area contributed by atoms with Crippen molar-refractivity contribution in [3.8, 4) is 0 Å². The highest BCUT2D eigenvalue weighted by molar-refractivity contribution is 5.89. The molecule has 7 heteroatoms. The molecule has 0 saturated carbocycles. The second-order valence-corrected chi connectivity index (χ2v) is 5.70. The lowest BCUT2D eigenvalue weighted by Crippen LogP contribution is -2.19. The smallest absolute Gasteiger partial charge is 0.338 e. The van der Waals surface area contributed by atoms with Crippen LogP contribution in [0.4, 0.5) is 17.5 Å². The highest BCUT2D eigenvalue weighted by Crippen LogP contribution is 2.17. The quantitative estimate of drug-likeness (QED) is 0.748. The van der Waals surface area contributed by atoms with Gasteiger partial charge < -0.3 is 20.1 Å². The van der Waals surface area contributed by atoms with Gasteiger partial charge in [0, 0.05) is 25.0 Å². The molecule has 2 N–H and O–H groups in total. The number of rotatable bonds is 7. The summed E-state index contributed by atoms with van der Waals surface area (Å²) in [4.78, 5) is 20.3. The average Bonchev–Trinajstić information content (AvgIpc) is 3.15. The van der Waals surface area contributed by atoms with Crippen molar-refractivity contribution >= 4 is 23.4 Å². The Morgan fingerprint density at radius 2 is 2.16 bits per heavy atom. The van der Waals surface area contributed by atoms with Gasteiger partial charge in [0.05, 0.1) is 18.3 Å². The minimum absolute atomic E-state index is 0.252. The van der Waals surface area contributed by atoms with Crippen molar-refractivity contribution in [1.82, 2.24) is 9.97 Å². The second-order valence-electron chi connectivity index (χ2n) is 5.70. The van der Waals surface area contributed by atoms with Gasteiger partial charge in [0.25, 0.3) is 0 Å². The van der Waals surface area contributed by atoms with Crippen molar-refractivity contribution in [2.75, 3.05) is 30.4 Å². The number of hydrogen-bond donors (Lipinski definition) is 2. The molecule has 0 bridgehead atoms. The van der Waals surface area contributed by atoms with Crippen LogP contribution in [0, 0.1) is 0 Å². The molecule has 7 nitrogen and oxygen atoms in total. The van der Waals surface area contributed by atoms with E-state index in [2.05, 4.69) is 20.6 Å². The fraction of sp³-hybridized carbons (Fsp3) is 0.389. The SMILES string of the molecule is CCOC(=O)c1ccc(Nc2nccc(NCC3CCCO3)n2)cc1. The van der Waals surface area contributed by atoms with E-state index in [1.54, 1.807) is 37.4 Å². The average molecular weight is 342 g/mol. The predicted octanol–water partition coefficient (Wildman–Crippen LogP) is 2.99. The van der Waals surface area contributed by atoms with E-state index in [9.17, 15) is 4.79 Å². The molecular weight excluding hydrogens is 320 g/mol. The molecule has 1 fully saturated rings. The van der Waals surface area contributed by atoms with Crippen molar-refractivity contribution < 1.29 is 14.3 Å². The number of nitrogens with zero attached hydrogens (tertiary/aromatic N) is 2. The summed E-state index contributed by atoms with van der Waals surface area (Å²) >= 11 is 0. The monoisotopic (exact) mass is 342 g/mol. The van der Waals surface area contributed by atoms with Crippen LogP contribution in [-0.2, 0) is 9.47 Å². The highest BCUT2D eigenvalue weighted by atomic mass is 16.5. The first-order valence-electron chi connectivity index (χ1n) is 8.47. The Bertz CT molecular complexity index is 700. The summed E-state index contributed by atoms with van der Waals surface area (Å²) in [6.07, 6.45) is 4.14. The maximum Gasteiger partial charge on any atom is 0.338 e. The molecule has 1 aliphatic heterocycles. The molecule has 25 heavy (non-hydrogen) atoms. The number of esters is 1. The molecule has 1 aliphatic rings. The minimum atomic E-state index is -0.328. The van der Waals surface area contributed by atoms with E-state index < -0.39 is 0 Å². The molecule has 1 unspecified atom stereocenters. The molecule has 0 aliphatic carbocycles. The standard InChI is InChI=1S/C18H22N4O3/c1-2-24-17(23)13-5-7-14(8-6-13)21-18-19-10-9-16(22-18)20-12-15-4-3-11-25-15/h5-10,15H,2-4,11-12H2,1H3,(H2,19,20,21,22). The molecule has 0 spiro atoms. The zero-order valence-corrected chi connectivity index (χ0v) is 14.2. The van der Waals surface area contributed by atoms with Gasteiger partial charge in [-0.05, 0) is 50.1 Å². The number of benzene rings is 1. The molecule has 1 aromatic carbocycles. The van der Waals surface area contributed by atoms with Gasteiger partial charge in [0.1, 0.15) is 5.82 Å². The maximum absolute atomic E-state index is 11.7. The number of ether oxygens (including phenoxy) is 2. The van der Waals surface area contributed by atoms with Gasteiger partial charge in [0.15, 0.2) is 0 Å². The first kappa shape index (κ1) is 17.2. The van der Waals surface area contributed by atoms with Gasteiger partial charge in [-0.3, -0.25) is 0 Å². The van der Waals surface area contributed by atoms with Crippen molar-refractivity contribution in [2.45, 2.75) is 25.9 Å². The predicted molar refractivity (Wildman–Crippen MR) is 95.2 cm³/mol. The third kappa shape index (κ3) is 4.90. The Balaban J connectivity index is 1.58. The van der Waals surface area contributed by atoms with E-state index in [-0.39, 0.29) is 12.1 Å². The van der Waals surface area contributed by atoms with E-state index in [4.69, 9.17) is 9.47 Å². The lowest BCUT2D eigenvalue weighted by molar-refractivity contribution is 0.0526. The van der Waals surface area contributed by atoms with Gasteiger partial charge in [-0.2, -0.15) is 4.98 Å². The lowest BCUT2D eigenvalue weighted by Gasteiger charge is -2.12. The summed E-state index contributed by atoms with van der Waals surface area (Å²) in [5.41, 5.74) is 1.31. The number of carbonyl (C=O) groups excluding carboxylic acids is 1. The normalized spacial score (nSPS) is 16.4. The van der Waals surface area contributed by atoms with Crippen molar-refractivity contribution in [2.24, 2.45) is 0 Å². The molecule has 0 radical (unpaired) electrons. The zero-order chi connectivity index (χ0) is 17.5. The van der Waals surface area contributed by atoms with Gasteiger partial charge in [-0.15, -0.1) is 0 Å². The largest absolute Gasteiger partial charge is 0.462 e. The number of carbonyl (C=O) groups is 1. The maximum atomic E-state index is 11.7. The number of anilines is 3. The summed E-state index contributed by atoms with van der Waals surface area (Å²) in [6, 6.07) is 8.83. The molecule has 0 amide bonds. The molecule has 2 aromatic rings.